The van der Waals surface area contributed by atoms with Gasteiger partial charge in [-0.1, -0.05) is 12.1 Å². The molecule has 5 aliphatic rings. The third kappa shape index (κ3) is 2.47. The molecule has 10 nitrogen and oxygen atoms in total. The maximum absolute atomic E-state index is 13.8. The number of aliphatic hydroxyl groups excluding tert-OH is 2. The summed E-state index contributed by atoms with van der Waals surface area (Å²) in [6.45, 7) is 2.08. The van der Waals surface area contributed by atoms with Crippen molar-refractivity contribution < 1.29 is 39.5 Å². The van der Waals surface area contributed by atoms with E-state index in [-0.39, 0.29) is 28.7 Å². The van der Waals surface area contributed by atoms with Crippen molar-refractivity contribution in [3.05, 3.63) is 46.2 Å². The van der Waals surface area contributed by atoms with Crippen molar-refractivity contribution in [1.29, 1.82) is 0 Å². The summed E-state index contributed by atoms with van der Waals surface area (Å²) < 4.78 is 5.30. The molecule has 2 saturated heterocycles. The number of Topliss-reactive ketones (excluding diaryl/α,β-unsaturated/α-hetero) is 2. The Morgan fingerprint density at radius 3 is 2.47 bits per heavy atom. The van der Waals surface area contributed by atoms with E-state index in [1.54, 1.807) is 17.0 Å². The van der Waals surface area contributed by atoms with Gasteiger partial charge >= 0.3 is 0 Å². The van der Waals surface area contributed by atoms with E-state index in [0.717, 1.165) is 0 Å². The summed E-state index contributed by atoms with van der Waals surface area (Å²) in [5, 5.41) is 43.9. The van der Waals surface area contributed by atoms with Crippen LogP contribution < -0.4 is 5.73 Å². The Kier molecular flexibility index (Phi) is 4.19. The number of aliphatic hydroxyl groups is 3. The second-order valence-corrected chi connectivity index (χ2v) is 10.2. The molecule has 0 aromatic heterocycles. The highest BCUT2D eigenvalue weighted by atomic mass is 16.5. The van der Waals surface area contributed by atoms with Crippen molar-refractivity contribution in [2.24, 2.45) is 23.0 Å². The van der Waals surface area contributed by atoms with Gasteiger partial charge in [0.25, 0.3) is 5.91 Å². The lowest BCUT2D eigenvalue weighted by molar-refractivity contribution is -0.211. The van der Waals surface area contributed by atoms with Gasteiger partial charge in [0, 0.05) is 30.0 Å². The quantitative estimate of drug-likeness (QED) is 0.367. The number of aromatic hydroxyl groups is 1. The first-order chi connectivity index (χ1) is 16.1. The number of hydrogen-bond acceptors (Lipinski definition) is 9. The van der Waals surface area contributed by atoms with Crippen LogP contribution in [0.1, 0.15) is 17.5 Å². The molecule has 0 bridgehead atoms. The fraction of sp³-hybridized carbons (Fsp3) is 0.458. The first-order valence-corrected chi connectivity index (χ1v) is 11.2. The second-order valence-electron chi connectivity index (χ2n) is 10.2. The molecule has 178 valence electrons. The summed E-state index contributed by atoms with van der Waals surface area (Å²) in [7, 11) is 0. The maximum Gasteiger partial charge on any atom is 0.255 e. The number of nitrogens with two attached hydrogens (primary N) is 1. The number of nitrogens with zero attached hydrogens (tertiary/aromatic N) is 1. The fourth-order valence-corrected chi connectivity index (χ4v) is 6.59. The van der Waals surface area contributed by atoms with E-state index < -0.39 is 58.0 Å². The molecule has 4 atom stereocenters. The lowest BCUT2D eigenvalue weighted by Gasteiger charge is -2.60. The van der Waals surface area contributed by atoms with E-state index in [1.807, 2.05) is 0 Å². The Morgan fingerprint density at radius 1 is 1.15 bits per heavy atom. The van der Waals surface area contributed by atoms with Crippen LogP contribution in [-0.2, 0) is 25.5 Å². The molecular weight excluding hydrogens is 444 g/mol. The molecule has 1 saturated carbocycles. The molecule has 1 amide bonds. The number of benzene rings is 1. The smallest absolute Gasteiger partial charge is 0.255 e. The highest BCUT2D eigenvalue weighted by Crippen LogP contribution is 2.54. The van der Waals surface area contributed by atoms with Gasteiger partial charge in [0.1, 0.15) is 22.8 Å². The van der Waals surface area contributed by atoms with Crippen molar-refractivity contribution in [3.63, 3.8) is 0 Å². The molecule has 6 N–H and O–H groups in total. The van der Waals surface area contributed by atoms with Gasteiger partial charge in [-0.25, -0.2) is 0 Å². The van der Waals surface area contributed by atoms with Gasteiger partial charge in [-0.15, -0.1) is 0 Å². The standard InChI is InChI=1S/C24H24N2O8/c25-22(32)16-19(29)17(26-6-23(7-26)8-34-9-23)12-5-11-4-10-2-1-3-13(27)14(10)18(28)15(11)20(30)24(12,33)21(16)31/h1-3,11-12,17,27-28,31,33H,4-9H2,(H2,25,32)/t11-,12-,17+,24-/m0/s1. The van der Waals surface area contributed by atoms with E-state index in [2.05, 4.69) is 0 Å². The minimum atomic E-state index is -2.61. The summed E-state index contributed by atoms with van der Waals surface area (Å²) >= 11 is 0. The number of hydrogen-bond donors (Lipinski definition) is 5. The van der Waals surface area contributed by atoms with Crippen molar-refractivity contribution >= 4 is 23.2 Å². The molecule has 0 radical (unpaired) electrons. The van der Waals surface area contributed by atoms with E-state index in [4.69, 9.17) is 10.5 Å². The first kappa shape index (κ1) is 21.3. The molecule has 34 heavy (non-hydrogen) atoms. The molecule has 1 spiro atoms. The molecule has 0 unspecified atom stereocenters. The van der Waals surface area contributed by atoms with Crippen LogP contribution in [0.15, 0.2) is 35.1 Å². The molecule has 3 fully saturated rings. The number of amides is 1. The number of rotatable bonds is 2. The van der Waals surface area contributed by atoms with Gasteiger partial charge in [-0.2, -0.15) is 0 Å². The van der Waals surface area contributed by atoms with Crippen molar-refractivity contribution in [2.45, 2.75) is 24.5 Å². The van der Waals surface area contributed by atoms with Crippen molar-refractivity contribution in [3.8, 4) is 5.75 Å². The molecule has 1 aromatic carbocycles. The van der Waals surface area contributed by atoms with E-state index in [9.17, 15) is 34.8 Å². The zero-order chi connectivity index (χ0) is 24.2. The van der Waals surface area contributed by atoms with E-state index >= 15 is 0 Å². The summed E-state index contributed by atoms with van der Waals surface area (Å²) in [4.78, 5) is 41.1. The summed E-state index contributed by atoms with van der Waals surface area (Å²) in [5.41, 5.74) is 2.51. The Labute approximate surface area is 193 Å². The zero-order valence-electron chi connectivity index (χ0n) is 18.2. The third-order valence-electron chi connectivity index (χ3n) is 8.19. The Hall–Kier alpha value is -3.21. The van der Waals surface area contributed by atoms with Crippen LogP contribution >= 0.6 is 0 Å². The average Bonchev–Trinajstić information content (AvgIpc) is 2.70. The van der Waals surface area contributed by atoms with Gasteiger partial charge < -0.3 is 30.9 Å². The molecule has 2 heterocycles. The maximum atomic E-state index is 13.8. The van der Waals surface area contributed by atoms with E-state index in [1.165, 1.54) is 6.07 Å². The van der Waals surface area contributed by atoms with Gasteiger partial charge in [0.15, 0.2) is 11.4 Å². The molecule has 3 aliphatic carbocycles. The molecule has 2 aliphatic heterocycles. The van der Waals surface area contributed by atoms with Gasteiger partial charge in [0.2, 0.25) is 5.78 Å². The lowest BCUT2D eigenvalue weighted by atomic mass is 9.56. The normalized spacial score (nSPS) is 34.2. The highest BCUT2D eigenvalue weighted by molar-refractivity contribution is 6.24. The number of carbonyl (C=O) groups is 3. The van der Waals surface area contributed by atoms with Crippen molar-refractivity contribution in [1.82, 2.24) is 4.90 Å². The predicted molar refractivity (Wildman–Crippen MR) is 115 cm³/mol. The zero-order valence-corrected chi connectivity index (χ0v) is 18.2. The van der Waals surface area contributed by atoms with Gasteiger partial charge in [-0.05, 0) is 30.4 Å². The number of phenols is 1. The molecular formula is C24H24N2O8. The molecule has 6 rings (SSSR count). The highest BCUT2D eigenvalue weighted by Gasteiger charge is 2.66. The number of fused-ring (bicyclic) bond motifs is 3. The predicted octanol–water partition coefficient (Wildman–Crippen LogP) is -0.265. The Bertz CT molecular complexity index is 1240. The van der Waals surface area contributed by atoms with Gasteiger partial charge in [0.05, 0.1) is 24.8 Å². The minimum Gasteiger partial charge on any atom is -0.508 e. The number of likely N-dealkylation sites (tertiary alicyclic amines) is 1. The van der Waals surface area contributed by atoms with Crippen LogP contribution in [0.2, 0.25) is 0 Å². The molecule has 10 heteroatoms. The third-order valence-corrected chi connectivity index (χ3v) is 8.19. The van der Waals surface area contributed by atoms with Crippen molar-refractivity contribution in [2.75, 3.05) is 26.3 Å². The van der Waals surface area contributed by atoms with Crippen LogP contribution in [0.5, 0.6) is 5.75 Å². The number of carbonyl (C=O) groups excluding carboxylic acids is 3. The largest absolute Gasteiger partial charge is 0.508 e. The Balaban J connectivity index is 1.50. The second kappa shape index (κ2) is 6.68. The SMILES string of the molecule is NC(=O)C1=C(O)[C@@]2(O)C(=O)C3=C(O)c4c(O)cccc4C[C@H]3C[C@H]2[C@@H](N2CC3(COC3)C2)C1=O. The number of primary amides is 1. The minimum absolute atomic E-state index is 0.0855. The number of phenolic OH excluding ortho intramolecular Hbond substituents is 1. The average molecular weight is 468 g/mol. The fourth-order valence-electron chi connectivity index (χ4n) is 6.59. The van der Waals surface area contributed by atoms with Gasteiger partial charge in [-0.3, -0.25) is 19.3 Å². The summed E-state index contributed by atoms with van der Waals surface area (Å²) in [6.07, 6.45) is 0.399. The summed E-state index contributed by atoms with van der Waals surface area (Å²) in [6, 6.07) is 3.71. The Morgan fingerprint density at radius 2 is 1.85 bits per heavy atom. The van der Waals surface area contributed by atoms with Crippen LogP contribution in [0, 0.1) is 17.3 Å². The molecule has 1 aromatic rings. The van der Waals surface area contributed by atoms with Crippen LogP contribution in [-0.4, -0.2) is 80.7 Å². The monoisotopic (exact) mass is 468 g/mol. The van der Waals surface area contributed by atoms with Crippen LogP contribution in [0.25, 0.3) is 5.76 Å². The topological polar surface area (TPSA) is 171 Å². The van der Waals surface area contributed by atoms with E-state index in [0.29, 0.717) is 38.3 Å². The van der Waals surface area contributed by atoms with Crippen LogP contribution in [0.3, 0.4) is 0 Å². The lowest BCUT2D eigenvalue weighted by Crippen LogP contribution is -2.74. The number of ether oxygens (including phenoxy) is 1. The summed E-state index contributed by atoms with van der Waals surface area (Å²) in [5.74, 6) is -6.30. The first-order valence-electron chi connectivity index (χ1n) is 11.2. The van der Waals surface area contributed by atoms with Crippen LogP contribution in [0.4, 0.5) is 0 Å². The number of ketones is 2.